The molecule has 2 aromatic carbocycles. The van der Waals surface area contributed by atoms with Crippen molar-refractivity contribution in [1.29, 1.82) is 5.26 Å². The van der Waals surface area contributed by atoms with E-state index in [1.54, 1.807) is 12.1 Å². The second-order valence-corrected chi connectivity index (χ2v) is 4.49. The maximum atomic E-state index is 9.88. The van der Waals surface area contributed by atoms with E-state index >= 15 is 0 Å². The van der Waals surface area contributed by atoms with E-state index in [4.69, 9.17) is 5.26 Å². The second kappa shape index (κ2) is 6.71. The van der Waals surface area contributed by atoms with Crippen molar-refractivity contribution in [1.82, 2.24) is 0 Å². The van der Waals surface area contributed by atoms with Gasteiger partial charge in [-0.2, -0.15) is 5.26 Å². The molecule has 0 aliphatic carbocycles. The van der Waals surface area contributed by atoms with Crippen LogP contribution in [0.2, 0.25) is 0 Å². The second-order valence-electron chi connectivity index (χ2n) is 4.49. The van der Waals surface area contributed by atoms with Crippen LogP contribution in [-0.2, 0) is 0 Å². The average Bonchev–Trinajstić information content (AvgIpc) is 2.48. The van der Waals surface area contributed by atoms with Crippen LogP contribution in [0.3, 0.4) is 0 Å². The van der Waals surface area contributed by atoms with Crippen molar-refractivity contribution in [2.24, 2.45) is 0 Å². The Kier molecular flexibility index (Phi) is 4.72. The molecule has 4 heteroatoms. The zero-order valence-electron chi connectivity index (χ0n) is 10.9. The minimum absolute atomic E-state index is 0.0921. The number of hydrogen-bond donors (Lipinski definition) is 3. The fourth-order valence-electron chi connectivity index (χ4n) is 1.88. The first-order valence-corrected chi connectivity index (χ1v) is 6.36. The first-order valence-electron chi connectivity index (χ1n) is 6.36. The monoisotopic (exact) mass is 268 g/mol. The van der Waals surface area contributed by atoms with Gasteiger partial charge in [-0.3, -0.25) is 0 Å². The molecular weight excluding hydrogens is 252 g/mol. The van der Waals surface area contributed by atoms with E-state index in [0.717, 1.165) is 11.4 Å². The van der Waals surface area contributed by atoms with E-state index in [2.05, 4.69) is 5.32 Å². The summed E-state index contributed by atoms with van der Waals surface area (Å²) >= 11 is 0. The van der Waals surface area contributed by atoms with Crippen molar-refractivity contribution in [3.8, 4) is 6.07 Å². The molecule has 3 N–H and O–H groups in total. The van der Waals surface area contributed by atoms with E-state index in [1.165, 1.54) is 0 Å². The Bertz CT molecular complexity index is 576. The summed E-state index contributed by atoms with van der Waals surface area (Å²) in [6.45, 7) is 0. The molecule has 0 amide bonds. The molecule has 0 heterocycles. The third kappa shape index (κ3) is 3.58. The lowest BCUT2D eigenvalue weighted by molar-refractivity contribution is 0.0216. The summed E-state index contributed by atoms with van der Waals surface area (Å²) in [7, 11) is 0. The van der Waals surface area contributed by atoms with E-state index in [1.807, 2.05) is 48.5 Å². The molecule has 102 valence electrons. The molecule has 0 aliphatic rings. The normalized spacial score (nSPS) is 13.2. The van der Waals surface area contributed by atoms with Crippen LogP contribution in [0.4, 0.5) is 11.4 Å². The number of nitrogens with zero attached hydrogens (tertiary/aromatic N) is 1. The number of rotatable bonds is 5. The highest BCUT2D eigenvalue weighted by atomic mass is 16.3. The number of nitriles is 1. The number of hydrogen-bond acceptors (Lipinski definition) is 4. The SMILES string of the molecule is N#CCC(O)C(O)c1ccc(Nc2ccccc2)cc1. The molecular formula is C16H16N2O2. The first kappa shape index (κ1) is 14.1. The van der Waals surface area contributed by atoms with Gasteiger partial charge in [0, 0.05) is 11.4 Å². The third-order valence-electron chi connectivity index (χ3n) is 2.98. The molecule has 2 unspecified atom stereocenters. The molecule has 0 bridgehead atoms. The lowest BCUT2D eigenvalue weighted by Gasteiger charge is -2.16. The molecule has 20 heavy (non-hydrogen) atoms. The molecule has 0 aliphatic heterocycles. The molecule has 2 rings (SSSR count). The summed E-state index contributed by atoms with van der Waals surface area (Å²) in [4.78, 5) is 0. The maximum Gasteiger partial charge on any atom is 0.106 e. The Morgan fingerprint density at radius 1 is 0.950 bits per heavy atom. The van der Waals surface area contributed by atoms with Crippen molar-refractivity contribution in [2.45, 2.75) is 18.6 Å². The Morgan fingerprint density at radius 3 is 2.15 bits per heavy atom. The molecule has 2 atom stereocenters. The van der Waals surface area contributed by atoms with Crippen molar-refractivity contribution in [2.75, 3.05) is 5.32 Å². The summed E-state index contributed by atoms with van der Waals surface area (Å²) in [5, 5.41) is 31.2. The van der Waals surface area contributed by atoms with E-state index in [9.17, 15) is 10.2 Å². The van der Waals surface area contributed by atoms with Crippen LogP contribution in [0, 0.1) is 11.3 Å². The number of para-hydroxylation sites is 1. The van der Waals surface area contributed by atoms with Crippen molar-refractivity contribution < 1.29 is 10.2 Å². The lowest BCUT2D eigenvalue weighted by Crippen LogP contribution is -2.17. The smallest absolute Gasteiger partial charge is 0.106 e. The van der Waals surface area contributed by atoms with Crippen molar-refractivity contribution in [3.05, 3.63) is 60.2 Å². The fraction of sp³-hybridized carbons (Fsp3) is 0.188. The van der Waals surface area contributed by atoms with Crippen LogP contribution in [0.1, 0.15) is 18.1 Å². The van der Waals surface area contributed by atoms with Gasteiger partial charge in [0.15, 0.2) is 0 Å². The van der Waals surface area contributed by atoms with Crippen LogP contribution >= 0.6 is 0 Å². The summed E-state index contributed by atoms with van der Waals surface area (Å²) in [5.74, 6) is 0. The largest absolute Gasteiger partial charge is 0.389 e. The van der Waals surface area contributed by atoms with Crippen molar-refractivity contribution >= 4 is 11.4 Å². The zero-order valence-corrected chi connectivity index (χ0v) is 10.9. The van der Waals surface area contributed by atoms with E-state index in [0.29, 0.717) is 5.56 Å². The van der Waals surface area contributed by atoms with Gasteiger partial charge in [-0.15, -0.1) is 0 Å². The molecule has 0 spiro atoms. The quantitative estimate of drug-likeness (QED) is 0.779. The number of nitrogens with one attached hydrogen (secondary N) is 1. The molecule has 0 aromatic heterocycles. The first-order chi connectivity index (χ1) is 9.70. The maximum absolute atomic E-state index is 9.88. The van der Waals surface area contributed by atoms with E-state index in [-0.39, 0.29) is 6.42 Å². The third-order valence-corrected chi connectivity index (χ3v) is 2.98. The molecule has 2 aromatic rings. The lowest BCUT2D eigenvalue weighted by atomic mass is 10.0. The Labute approximate surface area is 117 Å². The Morgan fingerprint density at radius 2 is 1.55 bits per heavy atom. The van der Waals surface area contributed by atoms with Gasteiger partial charge in [-0.05, 0) is 29.8 Å². The minimum atomic E-state index is -1.06. The Hall–Kier alpha value is -2.35. The zero-order chi connectivity index (χ0) is 14.4. The van der Waals surface area contributed by atoms with Crippen LogP contribution in [0.25, 0.3) is 0 Å². The van der Waals surface area contributed by atoms with Gasteiger partial charge in [0.05, 0.1) is 18.6 Å². The summed E-state index contributed by atoms with van der Waals surface area (Å²) in [5.41, 5.74) is 2.46. The highest BCUT2D eigenvalue weighted by Gasteiger charge is 2.17. The molecule has 0 fully saturated rings. The minimum Gasteiger partial charge on any atom is -0.389 e. The van der Waals surface area contributed by atoms with Gasteiger partial charge in [-0.1, -0.05) is 30.3 Å². The van der Waals surface area contributed by atoms with Gasteiger partial charge in [0.1, 0.15) is 6.10 Å². The van der Waals surface area contributed by atoms with Crippen LogP contribution < -0.4 is 5.32 Å². The molecule has 0 saturated carbocycles. The standard InChI is InChI=1S/C16H16N2O2/c17-11-10-15(19)16(20)12-6-8-14(9-7-12)18-13-4-2-1-3-5-13/h1-9,15-16,18-20H,10H2. The number of aliphatic hydroxyl groups is 2. The van der Waals surface area contributed by atoms with Crippen LogP contribution in [-0.4, -0.2) is 16.3 Å². The molecule has 4 nitrogen and oxygen atoms in total. The highest BCUT2D eigenvalue weighted by molar-refractivity contribution is 5.59. The van der Waals surface area contributed by atoms with Crippen molar-refractivity contribution in [3.63, 3.8) is 0 Å². The van der Waals surface area contributed by atoms with Gasteiger partial charge in [0.2, 0.25) is 0 Å². The highest BCUT2D eigenvalue weighted by Crippen LogP contribution is 2.22. The number of aliphatic hydroxyl groups excluding tert-OH is 2. The number of benzene rings is 2. The van der Waals surface area contributed by atoms with Crippen LogP contribution in [0.5, 0.6) is 0 Å². The van der Waals surface area contributed by atoms with Gasteiger partial charge < -0.3 is 15.5 Å². The predicted molar refractivity (Wildman–Crippen MR) is 77.4 cm³/mol. The molecule has 0 radical (unpaired) electrons. The Balaban J connectivity index is 2.05. The van der Waals surface area contributed by atoms with Gasteiger partial charge in [-0.25, -0.2) is 0 Å². The van der Waals surface area contributed by atoms with Gasteiger partial charge in [0.25, 0.3) is 0 Å². The summed E-state index contributed by atoms with van der Waals surface area (Å²) < 4.78 is 0. The summed E-state index contributed by atoms with van der Waals surface area (Å²) in [6, 6.07) is 18.7. The van der Waals surface area contributed by atoms with Gasteiger partial charge >= 0.3 is 0 Å². The topological polar surface area (TPSA) is 76.3 Å². The van der Waals surface area contributed by atoms with Crippen LogP contribution in [0.15, 0.2) is 54.6 Å². The summed E-state index contributed by atoms with van der Waals surface area (Å²) in [6.07, 6.45) is -2.20. The van der Waals surface area contributed by atoms with E-state index < -0.39 is 12.2 Å². The average molecular weight is 268 g/mol. The molecule has 0 saturated heterocycles. The predicted octanol–water partition coefficient (Wildman–Crippen LogP) is 2.74. The fourth-order valence-corrected chi connectivity index (χ4v) is 1.88. The number of anilines is 2.